The van der Waals surface area contributed by atoms with Crippen LogP contribution in [0.25, 0.3) is 56.2 Å². The van der Waals surface area contributed by atoms with Gasteiger partial charge in [-0.3, -0.25) is 0 Å². The van der Waals surface area contributed by atoms with E-state index in [-0.39, 0.29) is 13.2 Å². The highest BCUT2D eigenvalue weighted by Gasteiger charge is 2.18. The number of oxazole rings is 2. The first kappa shape index (κ1) is 27.8. The SMILES string of the molecule is Cc1c(-c2ccc3nc(-c4cccc(CNCCO)c4)oc3c2C)ccc2nc(-c3cccc(CNCCO)c3)oc12. The summed E-state index contributed by atoms with van der Waals surface area (Å²) in [5.41, 5.74) is 11.3. The molecule has 0 aliphatic carbocycles. The Kier molecular flexibility index (Phi) is 8.12. The smallest absolute Gasteiger partial charge is 0.227 e. The van der Waals surface area contributed by atoms with Gasteiger partial charge >= 0.3 is 0 Å². The van der Waals surface area contributed by atoms with Gasteiger partial charge in [0.15, 0.2) is 11.2 Å². The summed E-state index contributed by atoms with van der Waals surface area (Å²) in [7, 11) is 0. The number of nitrogens with one attached hydrogen (secondary N) is 2. The molecule has 8 heteroatoms. The second kappa shape index (κ2) is 12.3. The molecule has 4 N–H and O–H groups in total. The summed E-state index contributed by atoms with van der Waals surface area (Å²) in [6, 6.07) is 24.4. The minimum absolute atomic E-state index is 0.106. The van der Waals surface area contributed by atoms with E-state index in [0.29, 0.717) is 38.0 Å². The monoisotopic (exact) mass is 562 g/mol. The Morgan fingerprint density at radius 3 is 1.50 bits per heavy atom. The van der Waals surface area contributed by atoms with E-state index in [9.17, 15) is 0 Å². The first-order valence-corrected chi connectivity index (χ1v) is 14.2. The van der Waals surface area contributed by atoms with Crippen molar-refractivity contribution in [1.82, 2.24) is 20.6 Å². The summed E-state index contributed by atoms with van der Waals surface area (Å²) >= 11 is 0. The molecule has 6 aromatic rings. The molecule has 0 radical (unpaired) electrons. The van der Waals surface area contributed by atoms with E-state index in [1.165, 1.54) is 0 Å². The number of aromatic nitrogens is 2. The molecule has 6 rings (SSSR count). The maximum Gasteiger partial charge on any atom is 0.227 e. The fourth-order valence-corrected chi connectivity index (χ4v) is 5.33. The van der Waals surface area contributed by atoms with Crippen LogP contribution in [0.1, 0.15) is 22.3 Å². The molecular formula is C34H34N4O4. The number of fused-ring (bicyclic) bond motifs is 2. The maximum atomic E-state index is 9.04. The van der Waals surface area contributed by atoms with Crippen LogP contribution < -0.4 is 10.6 Å². The van der Waals surface area contributed by atoms with Crippen LogP contribution in [-0.4, -0.2) is 46.5 Å². The molecule has 214 valence electrons. The molecule has 0 fully saturated rings. The van der Waals surface area contributed by atoms with Crippen LogP contribution in [0.3, 0.4) is 0 Å². The summed E-state index contributed by atoms with van der Waals surface area (Å²) in [6.07, 6.45) is 0. The molecule has 42 heavy (non-hydrogen) atoms. The maximum absolute atomic E-state index is 9.04. The number of hydrogen-bond acceptors (Lipinski definition) is 8. The third-order valence-corrected chi connectivity index (χ3v) is 7.49. The summed E-state index contributed by atoms with van der Waals surface area (Å²) in [4.78, 5) is 9.57. The predicted octanol–water partition coefficient (Wildman–Crippen LogP) is 5.75. The number of rotatable bonds is 11. The fourth-order valence-electron chi connectivity index (χ4n) is 5.33. The topological polar surface area (TPSA) is 117 Å². The van der Waals surface area contributed by atoms with Gasteiger partial charge in [-0.25, -0.2) is 9.97 Å². The number of aryl methyl sites for hydroxylation is 2. The third-order valence-electron chi connectivity index (χ3n) is 7.49. The number of aliphatic hydroxyl groups is 2. The molecule has 2 aromatic heterocycles. The van der Waals surface area contributed by atoms with Gasteiger partial charge in [-0.05, 0) is 72.5 Å². The molecular weight excluding hydrogens is 528 g/mol. The van der Waals surface area contributed by atoms with Crippen molar-refractivity contribution in [3.63, 3.8) is 0 Å². The van der Waals surface area contributed by atoms with Gasteiger partial charge in [0.05, 0.1) is 13.2 Å². The van der Waals surface area contributed by atoms with Crippen LogP contribution in [0.5, 0.6) is 0 Å². The molecule has 4 aromatic carbocycles. The zero-order valence-corrected chi connectivity index (χ0v) is 23.8. The molecule has 0 bridgehead atoms. The van der Waals surface area contributed by atoms with Gasteiger partial charge in [0, 0.05) is 48.4 Å². The molecule has 0 atom stereocenters. The first-order chi connectivity index (χ1) is 20.6. The van der Waals surface area contributed by atoms with Gasteiger partial charge in [-0.15, -0.1) is 0 Å². The molecule has 0 saturated carbocycles. The normalized spacial score (nSPS) is 11.6. The first-order valence-electron chi connectivity index (χ1n) is 14.2. The second-order valence-electron chi connectivity index (χ2n) is 10.4. The van der Waals surface area contributed by atoms with E-state index < -0.39 is 0 Å². The summed E-state index contributed by atoms with van der Waals surface area (Å²) < 4.78 is 12.7. The van der Waals surface area contributed by atoms with E-state index in [0.717, 1.165) is 66.7 Å². The number of hydrogen-bond donors (Lipinski definition) is 4. The van der Waals surface area contributed by atoms with Gasteiger partial charge < -0.3 is 29.7 Å². The van der Waals surface area contributed by atoms with Crippen LogP contribution in [-0.2, 0) is 13.1 Å². The van der Waals surface area contributed by atoms with E-state index in [4.69, 9.17) is 29.0 Å². The van der Waals surface area contributed by atoms with E-state index in [1.807, 2.05) is 48.5 Å². The van der Waals surface area contributed by atoms with Crippen LogP contribution in [0, 0.1) is 13.8 Å². The lowest BCUT2D eigenvalue weighted by molar-refractivity contribution is 0.291. The Bertz CT molecular complexity index is 1720. The van der Waals surface area contributed by atoms with Crippen LogP contribution in [0.15, 0.2) is 81.6 Å². The van der Waals surface area contributed by atoms with Crippen molar-refractivity contribution in [2.24, 2.45) is 0 Å². The largest absolute Gasteiger partial charge is 0.436 e. The minimum atomic E-state index is 0.106. The summed E-state index contributed by atoms with van der Waals surface area (Å²) in [5, 5.41) is 24.5. The Morgan fingerprint density at radius 1 is 0.619 bits per heavy atom. The lowest BCUT2D eigenvalue weighted by Crippen LogP contribution is -2.17. The standard InChI is InChI=1S/C34H34N4O4/c1-21-27(9-11-29-31(21)41-33(37-29)25-7-3-5-23(17-25)19-35-13-15-39)28-10-12-30-32(22(28)2)42-34(38-30)26-8-4-6-24(18-26)20-36-14-16-40/h3-12,17-18,35-36,39-40H,13-16,19-20H2,1-2H3. The zero-order valence-electron chi connectivity index (χ0n) is 23.8. The predicted molar refractivity (Wildman–Crippen MR) is 165 cm³/mol. The molecule has 0 unspecified atom stereocenters. The lowest BCUT2D eigenvalue weighted by atomic mass is 9.95. The molecule has 8 nitrogen and oxygen atoms in total. The Morgan fingerprint density at radius 2 is 1.07 bits per heavy atom. The van der Waals surface area contributed by atoms with Crippen molar-refractivity contribution in [3.8, 4) is 34.0 Å². The molecule has 0 aliphatic heterocycles. The van der Waals surface area contributed by atoms with Crippen molar-refractivity contribution < 1.29 is 19.0 Å². The van der Waals surface area contributed by atoms with Gasteiger partial charge in [-0.1, -0.05) is 36.4 Å². The zero-order chi connectivity index (χ0) is 29.1. The Hall–Kier alpha value is -4.34. The van der Waals surface area contributed by atoms with Crippen LogP contribution in [0.4, 0.5) is 0 Å². The van der Waals surface area contributed by atoms with Crippen molar-refractivity contribution in [2.45, 2.75) is 26.9 Å². The van der Waals surface area contributed by atoms with Crippen molar-refractivity contribution >= 4 is 22.2 Å². The second-order valence-corrected chi connectivity index (χ2v) is 10.4. The number of benzene rings is 4. The molecule has 0 saturated heterocycles. The fraction of sp³-hybridized carbons (Fsp3) is 0.235. The van der Waals surface area contributed by atoms with Gasteiger partial charge in [0.2, 0.25) is 11.8 Å². The highest BCUT2D eigenvalue weighted by atomic mass is 16.4. The number of nitrogens with zero attached hydrogens (tertiary/aromatic N) is 2. The van der Waals surface area contributed by atoms with Crippen LogP contribution >= 0.6 is 0 Å². The van der Waals surface area contributed by atoms with E-state index in [2.05, 4.69) is 48.7 Å². The number of aliphatic hydroxyl groups excluding tert-OH is 2. The minimum Gasteiger partial charge on any atom is -0.436 e. The molecule has 2 heterocycles. The van der Waals surface area contributed by atoms with E-state index in [1.54, 1.807) is 0 Å². The van der Waals surface area contributed by atoms with Crippen LogP contribution in [0.2, 0.25) is 0 Å². The summed E-state index contributed by atoms with van der Waals surface area (Å²) in [5.74, 6) is 1.16. The third kappa shape index (κ3) is 5.57. The summed E-state index contributed by atoms with van der Waals surface area (Å²) in [6.45, 7) is 6.76. The molecule has 0 aliphatic rings. The van der Waals surface area contributed by atoms with Gasteiger partial charge in [-0.2, -0.15) is 0 Å². The quantitative estimate of drug-likeness (QED) is 0.148. The average molecular weight is 563 g/mol. The lowest BCUT2D eigenvalue weighted by Gasteiger charge is -2.09. The Labute approximate surface area is 244 Å². The Balaban J connectivity index is 1.32. The van der Waals surface area contributed by atoms with Crippen molar-refractivity contribution in [3.05, 3.63) is 95.1 Å². The highest BCUT2D eigenvalue weighted by Crippen LogP contribution is 2.37. The molecule has 0 amide bonds. The van der Waals surface area contributed by atoms with Gasteiger partial charge in [0.25, 0.3) is 0 Å². The average Bonchev–Trinajstić information content (AvgIpc) is 3.65. The van der Waals surface area contributed by atoms with Crippen molar-refractivity contribution in [2.75, 3.05) is 26.3 Å². The van der Waals surface area contributed by atoms with Crippen molar-refractivity contribution in [1.29, 1.82) is 0 Å². The molecule has 0 spiro atoms. The van der Waals surface area contributed by atoms with E-state index >= 15 is 0 Å². The highest BCUT2D eigenvalue weighted by molar-refractivity contribution is 5.92. The van der Waals surface area contributed by atoms with Gasteiger partial charge in [0.1, 0.15) is 11.0 Å².